The Balaban J connectivity index is 1.50. The van der Waals surface area contributed by atoms with Crippen molar-refractivity contribution in [2.75, 3.05) is 5.32 Å². The zero-order valence-electron chi connectivity index (χ0n) is 16.6. The van der Waals surface area contributed by atoms with Gasteiger partial charge in [0.25, 0.3) is 5.91 Å². The van der Waals surface area contributed by atoms with Crippen molar-refractivity contribution in [1.82, 2.24) is 15.0 Å². The van der Waals surface area contributed by atoms with Gasteiger partial charge in [-0.05, 0) is 66.8 Å². The molecule has 0 aliphatic heterocycles. The van der Waals surface area contributed by atoms with E-state index >= 15 is 0 Å². The highest BCUT2D eigenvalue weighted by atomic mass is 32.1. The number of aromatic nitrogens is 3. The molecule has 4 rings (SSSR count). The predicted molar refractivity (Wildman–Crippen MR) is 118 cm³/mol. The lowest BCUT2D eigenvalue weighted by Gasteiger charge is -2.10. The maximum Gasteiger partial charge on any atom is 0.265 e. The van der Waals surface area contributed by atoms with Crippen molar-refractivity contribution in [3.8, 4) is 23.1 Å². The number of carbonyl (C=O) groups excluding carboxylic acids is 1. The van der Waals surface area contributed by atoms with Crippen LogP contribution in [-0.2, 0) is 6.42 Å². The number of nitrogens with one attached hydrogen (secondary N) is 1. The Kier molecular flexibility index (Phi) is 5.81. The highest BCUT2D eigenvalue weighted by Crippen LogP contribution is 2.25. The van der Waals surface area contributed by atoms with E-state index in [1.165, 1.54) is 11.3 Å². The van der Waals surface area contributed by atoms with Gasteiger partial charge in [0.15, 0.2) is 5.82 Å². The summed E-state index contributed by atoms with van der Waals surface area (Å²) >= 11 is 1.43. The molecule has 0 spiro atoms. The molecule has 1 aromatic carbocycles. The van der Waals surface area contributed by atoms with Gasteiger partial charge in [-0.1, -0.05) is 13.0 Å². The van der Waals surface area contributed by atoms with Crippen molar-refractivity contribution >= 4 is 22.9 Å². The summed E-state index contributed by atoms with van der Waals surface area (Å²) in [6.45, 7) is 3.95. The lowest BCUT2D eigenvalue weighted by Crippen LogP contribution is -2.11. The Morgan fingerprint density at radius 2 is 1.93 bits per heavy atom. The summed E-state index contributed by atoms with van der Waals surface area (Å²) in [6, 6.07) is 16.6. The predicted octanol–water partition coefficient (Wildman–Crippen LogP) is 5.52. The second-order valence-corrected chi connectivity index (χ2v) is 7.52. The van der Waals surface area contributed by atoms with Crippen LogP contribution in [0.3, 0.4) is 0 Å². The van der Waals surface area contributed by atoms with Gasteiger partial charge in [0.05, 0.1) is 4.88 Å². The third kappa shape index (κ3) is 4.52. The van der Waals surface area contributed by atoms with Gasteiger partial charge >= 0.3 is 0 Å². The van der Waals surface area contributed by atoms with E-state index in [9.17, 15) is 4.79 Å². The van der Waals surface area contributed by atoms with Gasteiger partial charge in [-0.3, -0.25) is 9.78 Å². The Labute approximate surface area is 178 Å². The van der Waals surface area contributed by atoms with Gasteiger partial charge in [-0.2, -0.15) is 4.98 Å². The zero-order chi connectivity index (χ0) is 20.9. The van der Waals surface area contributed by atoms with E-state index in [-0.39, 0.29) is 5.91 Å². The summed E-state index contributed by atoms with van der Waals surface area (Å²) in [7, 11) is 0. The summed E-state index contributed by atoms with van der Waals surface area (Å²) < 4.78 is 5.94. The number of aryl methyl sites for hydroxylation is 2. The molecule has 6 nitrogen and oxygen atoms in total. The van der Waals surface area contributed by atoms with Crippen molar-refractivity contribution in [3.63, 3.8) is 0 Å². The molecule has 0 saturated carbocycles. The van der Waals surface area contributed by atoms with Gasteiger partial charge < -0.3 is 10.1 Å². The molecule has 150 valence electrons. The SMILES string of the molecule is CCc1cc(Oc2ccc(NC(=O)c3sccc3C)cc2)nc(-c2ccccn2)n1. The summed E-state index contributed by atoms with van der Waals surface area (Å²) in [5.41, 5.74) is 3.23. The molecule has 0 unspecified atom stereocenters. The van der Waals surface area contributed by atoms with Crippen LogP contribution in [0.1, 0.15) is 27.9 Å². The Morgan fingerprint density at radius 1 is 1.10 bits per heavy atom. The molecular weight excluding hydrogens is 396 g/mol. The third-order valence-corrected chi connectivity index (χ3v) is 5.43. The van der Waals surface area contributed by atoms with Crippen LogP contribution in [-0.4, -0.2) is 20.9 Å². The van der Waals surface area contributed by atoms with Crippen molar-refractivity contribution in [2.45, 2.75) is 20.3 Å². The van der Waals surface area contributed by atoms with E-state index in [0.717, 1.165) is 17.7 Å². The van der Waals surface area contributed by atoms with Gasteiger partial charge in [0, 0.05) is 23.6 Å². The van der Waals surface area contributed by atoms with E-state index in [4.69, 9.17) is 4.74 Å². The largest absolute Gasteiger partial charge is 0.439 e. The van der Waals surface area contributed by atoms with Gasteiger partial charge in [-0.15, -0.1) is 11.3 Å². The van der Waals surface area contributed by atoms with Gasteiger partial charge in [-0.25, -0.2) is 4.98 Å². The molecule has 0 fully saturated rings. The third-order valence-electron chi connectivity index (χ3n) is 4.41. The topological polar surface area (TPSA) is 77.0 Å². The van der Waals surface area contributed by atoms with E-state index in [1.54, 1.807) is 30.5 Å². The Hall–Kier alpha value is -3.58. The van der Waals surface area contributed by atoms with Crippen LogP contribution in [0.25, 0.3) is 11.5 Å². The van der Waals surface area contributed by atoms with Crippen LogP contribution >= 0.6 is 11.3 Å². The molecule has 0 radical (unpaired) electrons. The van der Waals surface area contributed by atoms with Crippen LogP contribution in [0.2, 0.25) is 0 Å². The first-order valence-corrected chi connectivity index (χ1v) is 10.4. The highest BCUT2D eigenvalue weighted by molar-refractivity contribution is 7.12. The molecule has 30 heavy (non-hydrogen) atoms. The summed E-state index contributed by atoms with van der Waals surface area (Å²) in [5, 5.41) is 4.82. The van der Waals surface area contributed by atoms with E-state index in [0.29, 0.717) is 33.7 Å². The molecule has 1 amide bonds. The minimum Gasteiger partial charge on any atom is -0.439 e. The smallest absolute Gasteiger partial charge is 0.265 e. The molecule has 0 bridgehead atoms. The number of benzene rings is 1. The van der Waals surface area contributed by atoms with Crippen LogP contribution in [0.15, 0.2) is 66.2 Å². The standard InChI is InChI=1S/C23H20N4O2S/c1-3-16-14-20(27-22(25-16)19-6-4-5-12-24-19)29-18-9-7-17(8-10-18)26-23(28)21-15(2)11-13-30-21/h4-14H,3H2,1-2H3,(H,26,28). The molecule has 3 heterocycles. The average molecular weight is 417 g/mol. The number of ether oxygens (including phenoxy) is 1. The number of nitrogens with zero attached hydrogens (tertiary/aromatic N) is 3. The van der Waals surface area contributed by atoms with Crippen molar-refractivity contribution in [3.05, 3.63) is 82.3 Å². The fourth-order valence-corrected chi connectivity index (χ4v) is 3.66. The second-order valence-electron chi connectivity index (χ2n) is 6.60. The molecular formula is C23H20N4O2S. The Bertz CT molecular complexity index is 1160. The highest BCUT2D eigenvalue weighted by Gasteiger charge is 2.12. The summed E-state index contributed by atoms with van der Waals surface area (Å²) in [4.78, 5) is 26.4. The lowest BCUT2D eigenvalue weighted by molar-refractivity contribution is 0.103. The van der Waals surface area contributed by atoms with Crippen molar-refractivity contribution < 1.29 is 9.53 Å². The van der Waals surface area contributed by atoms with Crippen LogP contribution in [0.5, 0.6) is 11.6 Å². The number of amides is 1. The van der Waals surface area contributed by atoms with E-state index < -0.39 is 0 Å². The van der Waals surface area contributed by atoms with E-state index in [2.05, 4.69) is 20.3 Å². The molecule has 0 saturated heterocycles. The molecule has 7 heteroatoms. The molecule has 0 atom stereocenters. The van der Waals surface area contributed by atoms with Crippen LogP contribution < -0.4 is 10.1 Å². The monoisotopic (exact) mass is 416 g/mol. The van der Waals surface area contributed by atoms with Gasteiger partial charge in [0.1, 0.15) is 11.4 Å². The first kappa shape index (κ1) is 19.7. The first-order valence-electron chi connectivity index (χ1n) is 9.55. The molecule has 0 aliphatic carbocycles. The van der Waals surface area contributed by atoms with Crippen LogP contribution in [0, 0.1) is 6.92 Å². The fraction of sp³-hybridized carbons (Fsp3) is 0.130. The molecule has 3 aromatic heterocycles. The number of rotatable bonds is 6. The fourth-order valence-electron chi connectivity index (χ4n) is 2.84. The molecule has 4 aromatic rings. The first-order chi connectivity index (χ1) is 14.6. The lowest BCUT2D eigenvalue weighted by atomic mass is 10.2. The van der Waals surface area contributed by atoms with Gasteiger partial charge in [0.2, 0.25) is 5.88 Å². The Morgan fingerprint density at radius 3 is 2.60 bits per heavy atom. The number of hydrogen-bond acceptors (Lipinski definition) is 6. The van der Waals surface area contributed by atoms with Crippen LogP contribution in [0.4, 0.5) is 5.69 Å². The number of anilines is 1. The summed E-state index contributed by atoms with van der Waals surface area (Å²) in [5.74, 6) is 1.49. The second kappa shape index (κ2) is 8.84. The normalized spacial score (nSPS) is 10.6. The number of hydrogen-bond donors (Lipinski definition) is 1. The minimum absolute atomic E-state index is 0.112. The van der Waals surface area contributed by atoms with Crippen molar-refractivity contribution in [1.29, 1.82) is 0 Å². The van der Waals surface area contributed by atoms with E-state index in [1.807, 2.05) is 49.6 Å². The maximum absolute atomic E-state index is 12.4. The quantitative estimate of drug-likeness (QED) is 0.448. The molecule has 0 aliphatic rings. The van der Waals surface area contributed by atoms with Crippen molar-refractivity contribution in [2.24, 2.45) is 0 Å². The average Bonchev–Trinajstić information content (AvgIpc) is 3.21. The number of carbonyl (C=O) groups is 1. The minimum atomic E-state index is -0.112. The number of pyridine rings is 1. The maximum atomic E-state index is 12.4. The number of thiophene rings is 1. The zero-order valence-corrected chi connectivity index (χ0v) is 17.4. The summed E-state index contributed by atoms with van der Waals surface area (Å²) in [6.07, 6.45) is 2.47. The molecule has 1 N–H and O–H groups in total.